The van der Waals surface area contributed by atoms with Crippen LogP contribution in [0.1, 0.15) is 23.7 Å². The van der Waals surface area contributed by atoms with Gasteiger partial charge in [-0.1, -0.05) is 12.1 Å². The summed E-state index contributed by atoms with van der Waals surface area (Å²) in [6.45, 7) is 1.24. The van der Waals surface area contributed by atoms with E-state index in [9.17, 15) is 14.4 Å². The molecule has 1 unspecified atom stereocenters. The van der Waals surface area contributed by atoms with Gasteiger partial charge in [-0.2, -0.15) is 0 Å². The van der Waals surface area contributed by atoms with Gasteiger partial charge in [0.05, 0.1) is 12.0 Å². The van der Waals surface area contributed by atoms with Gasteiger partial charge in [0, 0.05) is 6.04 Å². The van der Waals surface area contributed by atoms with E-state index in [1.54, 1.807) is 19.1 Å². The summed E-state index contributed by atoms with van der Waals surface area (Å²) in [5, 5.41) is 11.2. The quantitative estimate of drug-likeness (QED) is 0.656. The van der Waals surface area contributed by atoms with Crippen LogP contribution in [0.2, 0.25) is 0 Å². The second-order valence-corrected chi connectivity index (χ2v) is 4.22. The lowest BCUT2D eigenvalue weighted by Gasteiger charge is -2.14. The number of carboxylic acid groups (broad SMARTS) is 1. The Bertz CT molecular complexity index is 515. The monoisotopic (exact) mass is 280 g/mol. The summed E-state index contributed by atoms with van der Waals surface area (Å²) < 4.78 is 5.13. The van der Waals surface area contributed by atoms with Gasteiger partial charge in [0.2, 0.25) is 0 Å². The molecule has 20 heavy (non-hydrogen) atoms. The Morgan fingerprint density at radius 3 is 2.60 bits per heavy atom. The van der Waals surface area contributed by atoms with E-state index < -0.39 is 23.8 Å². The van der Waals surface area contributed by atoms with Gasteiger partial charge in [-0.05, 0) is 19.1 Å². The van der Waals surface area contributed by atoms with E-state index in [1.807, 2.05) is 0 Å². The number of ether oxygens (including phenoxy) is 1. The smallest absolute Gasteiger partial charge is 0.305 e. The first-order chi connectivity index (χ1) is 9.40. The molecule has 0 fully saturated rings. The van der Waals surface area contributed by atoms with Crippen LogP contribution in [0.4, 0.5) is 0 Å². The minimum absolute atomic E-state index is 0.184. The molecule has 1 aromatic carbocycles. The van der Waals surface area contributed by atoms with Crippen LogP contribution >= 0.6 is 0 Å². The number of primary amides is 1. The van der Waals surface area contributed by atoms with Crippen LogP contribution in [0.25, 0.3) is 0 Å². The van der Waals surface area contributed by atoms with E-state index in [0.717, 1.165) is 0 Å². The molecule has 2 amide bonds. The first-order valence-electron chi connectivity index (χ1n) is 5.93. The van der Waals surface area contributed by atoms with Crippen LogP contribution in [0.3, 0.4) is 0 Å². The fourth-order valence-electron chi connectivity index (χ4n) is 1.54. The molecule has 4 N–H and O–H groups in total. The Labute approximate surface area is 115 Å². The highest BCUT2D eigenvalue weighted by Crippen LogP contribution is 2.17. The van der Waals surface area contributed by atoms with E-state index in [2.05, 4.69) is 5.32 Å². The minimum atomic E-state index is -1.00. The van der Waals surface area contributed by atoms with Gasteiger partial charge in [0.15, 0.2) is 6.61 Å². The van der Waals surface area contributed by atoms with Gasteiger partial charge < -0.3 is 20.9 Å². The highest BCUT2D eigenvalue weighted by Gasteiger charge is 2.16. The van der Waals surface area contributed by atoms with E-state index >= 15 is 0 Å². The molecule has 1 rings (SSSR count). The van der Waals surface area contributed by atoms with Crippen molar-refractivity contribution in [1.29, 1.82) is 0 Å². The zero-order valence-corrected chi connectivity index (χ0v) is 11.0. The largest absolute Gasteiger partial charge is 0.483 e. The van der Waals surface area contributed by atoms with Crippen molar-refractivity contribution in [2.75, 3.05) is 6.61 Å². The molecule has 1 aromatic rings. The van der Waals surface area contributed by atoms with Crippen molar-refractivity contribution in [3.8, 4) is 5.75 Å². The number of aliphatic carboxylic acids is 1. The van der Waals surface area contributed by atoms with Crippen molar-refractivity contribution >= 4 is 17.8 Å². The van der Waals surface area contributed by atoms with E-state index in [-0.39, 0.29) is 24.3 Å². The summed E-state index contributed by atoms with van der Waals surface area (Å²) in [6.07, 6.45) is -0.184. The maximum Gasteiger partial charge on any atom is 0.305 e. The lowest BCUT2D eigenvalue weighted by Crippen LogP contribution is -2.34. The molecule has 0 aliphatic rings. The number of nitrogens with one attached hydrogen (secondary N) is 1. The number of amides is 2. The van der Waals surface area contributed by atoms with Crippen LogP contribution in [0.15, 0.2) is 24.3 Å². The number of hydrogen-bond acceptors (Lipinski definition) is 4. The van der Waals surface area contributed by atoms with Gasteiger partial charge in [-0.3, -0.25) is 14.4 Å². The first kappa shape index (κ1) is 15.5. The number of carboxylic acids is 1. The lowest BCUT2D eigenvalue weighted by atomic mass is 10.1. The Morgan fingerprint density at radius 2 is 2.00 bits per heavy atom. The normalized spacial score (nSPS) is 11.4. The molecule has 108 valence electrons. The fourth-order valence-corrected chi connectivity index (χ4v) is 1.54. The molecule has 0 aliphatic heterocycles. The summed E-state index contributed by atoms with van der Waals surface area (Å²) in [5.74, 6) is -1.92. The van der Waals surface area contributed by atoms with Crippen LogP contribution < -0.4 is 15.8 Å². The summed E-state index contributed by atoms with van der Waals surface area (Å²) in [5.41, 5.74) is 5.19. The third-order valence-electron chi connectivity index (χ3n) is 2.36. The molecule has 7 heteroatoms. The van der Waals surface area contributed by atoms with Crippen molar-refractivity contribution in [3.05, 3.63) is 29.8 Å². The zero-order chi connectivity index (χ0) is 15.1. The number of carbonyl (C=O) groups excluding carboxylic acids is 2. The van der Waals surface area contributed by atoms with E-state index in [1.165, 1.54) is 12.1 Å². The number of nitrogens with two attached hydrogens (primary N) is 1. The second-order valence-electron chi connectivity index (χ2n) is 4.22. The summed E-state index contributed by atoms with van der Waals surface area (Å²) >= 11 is 0. The number of rotatable bonds is 7. The second kappa shape index (κ2) is 7.13. The molecule has 0 aromatic heterocycles. The Kier molecular flexibility index (Phi) is 5.52. The summed E-state index contributed by atoms with van der Waals surface area (Å²) in [6, 6.07) is 5.80. The molecule has 1 atom stereocenters. The number of para-hydroxylation sites is 1. The van der Waals surface area contributed by atoms with Crippen LogP contribution in [-0.4, -0.2) is 35.5 Å². The van der Waals surface area contributed by atoms with E-state index in [0.29, 0.717) is 0 Å². The molecule has 0 spiro atoms. The highest BCUT2D eigenvalue weighted by molar-refractivity contribution is 5.97. The van der Waals surface area contributed by atoms with Crippen LogP contribution in [-0.2, 0) is 9.59 Å². The Balaban J connectivity index is 2.76. The molecule has 7 nitrogen and oxygen atoms in total. The average molecular weight is 280 g/mol. The third kappa shape index (κ3) is 4.97. The molecular weight excluding hydrogens is 264 g/mol. The predicted molar refractivity (Wildman–Crippen MR) is 70.3 cm³/mol. The van der Waals surface area contributed by atoms with Crippen molar-refractivity contribution < 1.29 is 24.2 Å². The Hall–Kier alpha value is -2.57. The molecule has 0 bridgehead atoms. The van der Waals surface area contributed by atoms with Crippen LogP contribution in [0, 0.1) is 0 Å². The van der Waals surface area contributed by atoms with Gasteiger partial charge in [0.25, 0.3) is 11.8 Å². The average Bonchev–Trinajstić information content (AvgIpc) is 2.35. The molecule has 0 heterocycles. The molecular formula is C13H16N2O5. The topological polar surface area (TPSA) is 119 Å². The van der Waals surface area contributed by atoms with Gasteiger partial charge in [-0.25, -0.2) is 0 Å². The van der Waals surface area contributed by atoms with Crippen molar-refractivity contribution in [2.45, 2.75) is 19.4 Å². The predicted octanol–water partition coefficient (Wildman–Crippen LogP) is 0.144. The summed E-state index contributed by atoms with van der Waals surface area (Å²) in [7, 11) is 0. The van der Waals surface area contributed by atoms with Gasteiger partial charge >= 0.3 is 5.97 Å². The first-order valence-corrected chi connectivity index (χ1v) is 5.93. The maximum absolute atomic E-state index is 12.0. The molecule has 0 saturated heterocycles. The van der Waals surface area contributed by atoms with Crippen molar-refractivity contribution in [2.24, 2.45) is 5.73 Å². The molecule has 0 radical (unpaired) electrons. The fraction of sp³-hybridized carbons (Fsp3) is 0.308. The Morgan fingerprint density at radius 1 is 1.35 bits per heavy atom. The van der Waals surface area contributed by atoms with Crippen molar-refractivity contribution in [1.82, 2.24) is 5.32 Å². The van der Waals surface area contributed by atoms with E-state index in [4.69, 9.17) is 15.6 Å². The number of carbonyl (C=O) groups is 3. The lowest BCUT2D eigenvalue weighted by molar-refractivity contribution is -0.137. The summed E-state index contributed by atoms with van der Waals surface area (Å²) in [4.78, 5) is 33.2. The zero-order valence-electron chi connectivity index (χ0n) is 11.0. The van der Waals surface area contributed by atoms with Crippen LogP contribution in [0.5, 0.6) is 5.75 Å². The number of hydrogen-bond donors (Lipinski definition) is 3. The van der Waals surface area contributed by atoms with Crippen molar-refractivity contribution in [3.63, 3.8) is 0 Å². The standard InChI is InChI=1S/C13H16N2O5/c1-8(6-12(17)18)15-13(19)9-4-2-3-5-10(9)20-7-11(14)16/h2-5,8H,6-7H2,1H3,(H2,14,16)(H,15,19)(H,17,18). The SMILES string of the molecule is CC(CC(=O)O)NC(=O)c1ccccc1OCC(N)=O. The molecule has 0 aliphatic carbocycles. The maximum atomic E-state index is 12.0. The molecule has 0 saturated carbocycles. The minimum Gasteiger partial charge on any atom is -0.483 e. The van der Waals surface area contributed by atoms with Gasteiger partial charge in [-0.15, -0.1) is 0 Å². The highest BCUT2D eigenvalue weighted by atomic mass is 16.5. The van der Waals surface area contributed by atoms with Gasteiger partial charge in [0.1, 0.15) is 5.75 Å². The third-order valence-corrected chi connectivity index (χ3v) is 2.36. The number of benzene rings is 1.